The minimum absolute atomic E-state index is 0.267. The van der Waals surface area contributed by atoms with Gasteiger partial charge in [0.15, 0.2) is 5.13 Å². The molecule has 1 amide bonds. The molecule has 0 bridgehead atoms. The van der Waals surface area contributed by atoms with Crippen molar-refractivity contribution < 1.29 is 13.2 Å². The molecule has 5 rings (SSSR count). The van der Waals surface area contributed by atoms with Crippen molar-refractivity contribution in [3.05, 3.63) is 53.9 Å². The van der Waals surface area contributed by atoms with E-state index in [-0.39, 0.29) is 10.1 Å². The van der Waals surface area contributed by atoms with Gasteiger partial charge in [0.25, 0.3) is 10.0 Å². The second kappa shape index (κ2) is 7.17. The standard InChI is InChI=1S/C20H17N3O3S3/c24-19(15-7-3-11-23(15)29(25,26)17-8-4-12-27-17)22-20-21-18-14-6-2-1-5-13(14)9-10-16(18)28-20/h1-2,4-6,8-10,12,15H,3,7,11H2,(H,21,22,24)/t15-/m1/s1. The molecule has 0 spiro atoms. The number of amides is 1. The van der Waals surface area contributed by atoms with Crippen LogP contribution in [0.4, 0.5) is 5.13 Å². The van der Waals surface area contributed by atoms with Crippen LogP contribution in [0.5, 0.6) is 0 Å². The Morgan fingerprint density at radius 3 is 2.83 bits per heavy atom. The molecule has 1 aliphatic heterocycles. The lowest BCUT2D eigenvalue weighted by molar-refractivity contribution is -0.119. The molecular weight excluding hydrogens is 426 g/mol. The van der Waals surface area contributed by atoms with Crippen LogP contribution in [-0.4, -0.2) is 36.2 Å². The van der Waals surface area contributed by atoms with Gasteiger partial charge in [-0.25, -0.2) is 13.4 Å². The van der Waals surface area contributed by atoms with Crippen LogP contribution in [0.1, 0.15) is 12.8 Å². The third-order valence-electron chi connectivity index (χ3n) is 5.08. The number of nitrogens with one attached hydrogen (secondary N) is 1. The summed E-state index contributed by atoms with van der Waals surface area (Å²) >= 11 is 2.56. The molecule has 3 heterocycles. The predicted octanol–water partition coefficient (Wildman–Crippen LogP) is 4.30. The van der Waals surface area contributed by atoms with Crippen LogP contribution < -0.4 is 5.32 Å². The fourth-order valence-corrected chi connectivity index (χ4v) is 7.38. The Morgan fingerprint density at radius 1 is 1.14 bits per heavy atom. The zero-order valence-electron chi connectivity index (χ0n) is 15.2. The summed E-state index contributed by atoms with van der Waals surface area (Å²) in [5, 5.41) is 7.19. The summed E-state index contributed by atoms with van der Waals surface area (Å²) in [4.78, 5) is 17.5. The van der Waals surface area contributed by atoms with Crippen LogP contribution >= 0.6 is 22.7 Å². The highest BCUT2D eigenvalue weighted by molar-refractivity contribution is 7.91. The topological polar surface area (TPSA) is 79.4 Å². The zero-order valence-corrected chi connectivity index (χ0v) is 17.7. The molecule has 29 heavy (non-hydrogen) atoms. The van der Waals surface area contributed by atoms with Gasteiger partial charge in [-0.3, -0.25) is 4.79 Å². The average molecular weight is 444 g/mol. The molecule has 0 saturated carbocycles. The van der Waals surface area contributed by atoms with Gasteiger partial charge < -0.3 is 5.32 Å². The minimum Gasteiger partial charge on any atom is -0.301 e. The molecule has 4 aromatic rings. The summed E-state index contributed by atoms with van der Waals surface area (Å²) in [6.07, 6.45) is 1.16. The van der Waals surface area contributed by atoms with E-state index in [0.717, 1.165) is 21.0 Å². The molecular formula is C20H17N3O3S3. The molecule has 1 saturated heterocycles. The van der Waals surface area contributed by atoms with Gasteiger partial charge in [-0.15, -0.1) is 11.3 Å². The monoisotopic (exact) mass is 443 g/mol. The quantitative estimate of drug-likeness (QED) is 0.510. The van der Waals surface area contributed by atoms with Crippen LogP contribution in [0, 0.1) is 0 Å². The Morgan fingerprint density at radius 2 is 2.00 bits per heavy atom. The number of carbonyl (C=O) groups excluding carboxylic acids is 1. The predicted molar refractivity (Wildman–Crippen MR) is 117 cm³/mol. The molecule has 0 radical (unpaired) electrons. The Labute approximate surface area is 175 Å². The number of carbonyl (C=O) groups is 1. The molecule has 0 unspecified atom stereocenters. The number of thiazole rings is 1. The first-order valence-electron chi connectivity index (χ1n) is 9.18. The highest BCUT2D eigenvalue weighted by atomic mass is 32.2. The van der Waals surface area contributed by atoms with Crippen LogP contribution in [0.3, 0.4) is 0 Å². The number of fused-ring (bicyclic) bond motifs is 3. The lowest BCUT2D eigenvalue weighted by Gasteiger charge is -2.22. The van der Waals surface area contributed by atoms with Crippen LogP contribution in [0.15, 0.2) is 58.1 Å². The third kappa shape index (κ3) is 3.24. The van der Waals surface area contributed by atoms with Crippen molar-refractivity contribution in [2.45, 2.75) is 23.1 Å². The fraction of sp³-hybridized carbons (Fsp3) is 0.200. The smallest absolute Gasteiger partial charge is 0.253 e. The molecule has 1 fully saturated rings. The highest BCUT2D eigenvalue weighted by Gasteiger charge is 2.40. The summed E-state index contributed by atoms with van der Waals surface area (Å²) in [6, 6.07) is 14.6. The SMILES string of the molecule is O=C(Nc1nc2c(ccc3ccccc32)s1)[C@H]1CCCN1S(=O)(=O)c1cccs1. The molecule has 1 atom stereocenters. The van der Waals surface area contributed by atoms with E-state index in [4.69, 9.17) is 0 Å². The molecule has 9 heteroatoms. The number of hydrogen-bond acceptors (Lipinski definition) is 6. The summed E-state index contributed by atoms with van der Waals surface area (Å²) in [7, 11) is -3.66. The van der Waals surface area contributed by atoms with E-state index in [1.807, 2.05) is 36.4 Å². The molecule has 2 aromatic carbocycles. The first kappa shape index (κ1) is 18.7. The van der Waals surface area contributed by atoms with E-state index < -0.39 is 16.1 Å². The van der Waals surface area contributed by atoms with Crippen LogP contribution in [-0.2, 0) is 14.8 Å². The second-order valence-electron chi connectivity index (χ2n) is 6.85. The second-order valence-corrected chi connectivity index (χ2v) is 10.9. The first-order chi connectivity index (χ1) is 14.0. The average Bonchev–Trinajstić information content (AvgIpc) is 3.47. The molecule has 2 aromatic heterocycles. The Kier molecular flexibility index (Phi) is 4.62. The molecule has 1 N–H and O–H groups in total. The molecule has 0 aliphatic carbocycles. The number of sulfonamides is 1. The molecule has 1 aliphatic rings. The lowest BCUT2D eigenvalue weighted by Crippen LogP contribution is -2.42. The van der Waals surface area contributed by atoms with Gasteiger partial charge in [0.05, 0.1) is 10.2 Å². The number of benzene rings is 2. The maximum atomic E-state index is 12.9. The largest absolute Gasteiger partial charge is 0.301 e. The van der Waals surface area contributed by atoms with Gasteiger partial charge in [0.1, 0.15) is 10.3 Å². The number of thiophene rings is 1. The summed E-state index contributed by atoms with van der Waals surface area (Å²) in [6.45, 7) is 0.350. The van der Waals surface area contributed by atoms with Crippen LogP contribution in [0.2, 0.25) is 0 Å². The molecule has 6 nitrogen and oxygen atoms in total. The third-order valence-corrected chi connectivity index (χ3v) is 9.30. The number of anilines is 1. The van der Waals surface area contributed by atoms with Crippen molar-refractivity contribution >= 4 is 64.7 Å². The number of rotatable bonds is 4. The number of nitrogens with zero attached hydrogens (tertiary/aromatic N) is 2. The highest BCUT2D eigenvalue weighted by Crippen LogP contribution is 2.33. The van der Waals surface area contributed by atoms with E-state index in [2.05, 4.69) is 10.3 Å². The van der Waals surface area contributed by atoms with E-state index in [1.54, 1.807) is 17.5 Å². The van der Waals surface area contributed by atoms with Crippen molar-refractivity contribution in [1.82, 2.24) is 9.29 Å². The summed E-state index contributed by atoms with van der Waals surface area (Å²) in [5.74, 6) is -0.328. The summed E-state index contributed by atoms with van der Waals surface area (Å²) in [5.41, 5.74) is 0.845. The fourth-order valence-electron chi connectivity index (χ4n) is 3.72. The van der Waals surface area contributed by atoms with Crippen molar-refractivity contribution in [2.24, 2.45) is 0 Å². The van der Waals surface area contributed by atoms with Gasteiger partial charge in [-0.1, -0.05) is 47.7 Å². The van der Waals surface area contributed by atoms with Crippen molar-refractivity contribution in [1.29, 1.82) is 0 Å². The number of hydrogen-bond donors (Lipinski definition) is 1. The maximum absolute atomic E-state index is 12.9. The first-order valence-corrected chi connectivity index (χ1v) is 12.3. The van der Waals surface area contributed by atoms with E-state index >= 15 is 0 Å². The van der Waals surface area contributed by atoms with Gasteiger partial charge in [-0.2, -0.15) is 4.31 Å². The molecule has 148 valence electrons. The Hall–Kier alpha value is -2.33. The number of aromatic nitrogens is 1. The van der Waals surface area contributed by atoms with Crippen molar-refractivity contribution in [3.63, 3.8) is 0 Å². The summed E-state index contributed by atoms with van der Waals surface area (Å²) < 4.78 is 28.4. The maximum Gasteiger partial charge on any atom is 0.253 e. The van der Waals surface area contributed by atoms with E-state index in [1.165, 1.54) is 27.0 Å². The van der Waals surface area contributed by atoms with Gasteiger partial charge in [0.2, 0.25) is 5.91 Å². The van der Waals surface area contributed by atoms with E-state index in [0.29, 0.717) is 24.5 Å². The normalized spacial score (nSPS) is 17.9. The Balaban J connectivity index is 1.43. The van der Waals surface area contributed by atoms with Gasteiger partial charge in [0, 0.05) is 11.9 Å². The van der Waals surface area contributed by atoms with Crippen molar-refractivity contribution in [3.8, 4) is 0 Å². The van der Waals surface area contributed by atoms with Gasteiger partial charge >= 0.3 is 0 Å². The Bertz CT molecular complexity index is 1310. The lowest BCUT2D eigenvalue weighted by atomic mass is 10.1. The van der Waals surface area contributed by atoms with Crippen LogP contribution in [0.25, 0.3) is 21.0 Å². The minimum atomic E-state index is -3.66. The van der Waals surface area contributed by atoms with Crippen molar-refractivity contribution in [2.75, 3.05) is 11.9 Å². The van der Waals surface area contributed by atoms with Gasteiger partial charge in [-0.05, 0) is 35.7 Å². The zero-order chi connectivity index (χ0) is 20.0. The van der Waals surface area contributed by atoms with E-state index in [9.17, 15) is 13.2 Å².